The first kappa shape index (κ1) is 12.9. The van der Waals surface area contributed by atoms with Crippen molar-refractivity contribution in [3.8, 4) is 11.5 Å². The van der Waals surface area contributed by atoms with E-state index in [2.05, 4.69) is 4.90 Å². The molecular weight excluding hydrogens is 282 g/mol. The molecular formula is C17H19NO4. The fourth-order valence-corrected chi connectivity index (χ4v) is 5.60. The second-order valence-electron chi connectivity index (χ2n) is 7.30. The number of benzene rings is 1. The van der Waals surface area contributed by atoms with Gasteiger partial charge >= 0.3 is 0 Å². The van der Waals surface area contributed by atoms with Gasteiger partial charge in [-0.05, 0) is 38.4 Å². The number of hydrogen-bond acceptors (Lipinski definition) is 5. The van der Waals surface area contributed by atoms with Crippen LogP contribution in [0.5, 0.6) is 11.5 Å². The van der Waals surface area contributed by atoms with Gasteiger partial charge in [0.15, 0.2) is 23.4 Å². The first-order valence-electron chi connectivity index (χ1n) is 7.92. The zero-order chi connectivity index (χ0) is 15.4. The van der Waals surface area contributed by atoms with Crippen molar-refractivity contribution >= 4 is 5.78 Å². The lowest BCUT2D eigenvalue weighted by atomic mass is 9.55. The molecule has 22 heavy (non-hydrogen) atoms. The number of likely N-dealkylation sites (N-methyl/N-ethyl adjacent to an activating group) is 1. The highest BCUT2D eigenvalue weighted by Gasteiger charge is 2.74. The largest absolute Gasteiger partial charge is 0.504 e. The molecule has 5 unspecified atom stereocenters. The van der Waals surface area contributed by atoms with E-state index in [0.717, 1.165) is 11.1 Å². The van der Waals surface area contributed by atoms with Crippen LogP contribution in [0, 0.1) is 0 Å². The van der Waals surface area contributed by atoms with Gasteiger partial charge in [0, 0.05) is 24.1 Å². The number of ether oxygens (including phenoxy) is 1. The molecule has 5 rings (SSSR count). The van der Waals surface area contributed by atoms with Crippen LogP contribution in [-0.2, 0) is 10.2 Å². The van der Waals surface area contributed by atoms with E-state index >= 15 is 0 Å². The van der Waals surface area contributed by atoms with Gasteiger partial charge in [-0.15, -0.1) is 0 Å². The van der Waals surface area contributed by atoms with Crippen molar-refractivity contribution in [2.24, 2.45) is 0 Å². The molecule has 5 atom stereocenters. The number of aliphatic hydroxyl groups is 1. The van der Waals surface area contributed by atoms with E-state index in [4.69, 9.17) is 4.74 Å². The second-order valence-corrected chi connectivity index (χ2v) is 7.30. The number of Topliss-reactive ketones (excluding diaryl/α,β-unsaturated/α-hetero) is 1. The Morgan fingerprint density at radius 3 is 2.95 bits per heavy atom. The number of rotatable bonds is 0. The van der Waals surface area contributed by atoms with E-state index in [0.29, 0.717) is 25.0 Å². The number of phenols is 1. The summed E-state index contributed by atoms with van der Waals surface area (Å²) in [5, 5.41) is 21.8. The summed E-state index contributed by atoms with van der Waals surface area (Å²) >= 11 is 0. The molecule has 2 heterocycles. The molecule has 2 bridgehead atoms. The van der Waals surface area contributed by atoms with Crippen LogP contribution in [0.1, 0.15) is 43.4 Å². The van der Waals surface area contributed by atoms with Crippen molar-refractivity contribution in [3.63, 3.8) is 0 Å². The SMILES string of the molecule is CC1N(C)C2CC34c5c2ccc(O)c5OC3C(=O)CCC14O. The number of carbonyl (C=O) groups excluding carboxylic acids is 1. The second kappa shape index (κ2) is 3.49. The third-order valence-corrected chi connectivity index (χ3v) is 6.78. The minimum Gasteiger partial charge on any atom is -0.504 e. The van der Waals surface area contributed by atoms with Gasteiger partial charge in [-0.2, -0.15) is 0 Å². The molecule has 0 amide bonds. The van der Waals surface area contributed by atoms with Crippen LogP contribution in [0.15, 0.2) is 12.1 Å². The van der Waals surface area contributed by atoms with Gasteiger partial charge in [0.2, 0.25) is 0 Å². The molecule has 1 saturated carbocycles. The lowest BCUT2D eigenvalue weighted by Gasteiger charge is -2.57. The van der Waals surface area contributed by atoms with Crippen molar-refractivity contribution < 1.29 is 19.7 Å². The van der Waals surface area contributed by atoms with Crippen LogP contribution in [0.3, 0.4) is 0 Å². The minimum atomic E-state index is -0.999. The molecule has 2 fully saturated rings. The number of phenolic OH excluding ortho intramolecular Hbond substituents is 1. The van der Waals surface area contributed by atoms with Crippen LogP contribution in [0.2, 0.25) is 0 Å². The number of aromatic hydroxyl groups is 1. The van der Waals surface area contributed by atoms with Gasteiger partial charge in [-0.25, -0.2) is 0 Å². The van der Waals surface area contributed by atoms with Crippen LogP contribution in [0.25, 0.3) is 0 Å². The molecule has 2 N–H and O–H groups in total. The highest BCUT2D eigenvalue weighted by atomic mass is 16.5. The highest BCUT2D eigenvalue weighted by Crippen LogP contribution is 2.69. The normalized spacial score (nSPS) is 44.9. The Hall–Kier alpha value is -1.59. The topological polar surface area (TPSA) is 70.0 Å². The zero-order valence-corrected chi connectivity index (χ0v) is 12.7. The lowest BCUT2D eigenvalue weighted by molar-refractivity contribution is -0.182. The van der Waals surface area contributed by atoms with Crippen molar-refractivity contribution in [1.29, 1.82) is 0 Å². The summed E-state index contributed by atoms with van der Waals surface area (Å²) in [6, 6.07) is 3.67. The number of nitrogens with zero attached hydrogens (tertiary/aromatic N) is 1. The van der Waals surface area contributed by atoms with E-state index in [1.807, 2.05) is 20.0 Å². The van der Waals surface area contributed by atoms with Crippen LogP contribution in [0.4, 0.5) is 0 Å². The maximum absolute atomic E-state index is 12.5. The number of fused-ring (bicyclic) bond motifs is 2. The van der Waals surface area contributed by atoms with E-state index in [1.54, 1.807) is 6.07 Å². The Bertz CT molecular complexity index is 732. The number of carbonyl (C=O) groups is 1. The third kappa shape index (κ3) is 1.04. The smallest absolute Gasteiger partial charge is 0.174 e. The number of likely N-dealkylation sites (tertiary alicyclic amines) is 1. The number of piperidine rings is 1. The summed E-state index contributed by atoms with van der Waals surface area (Å²) in [5.74, 6) is 0.533. The molecule has 1 aromatic carbocycles. The summed E-state index contributed by atoms with van der Waals surface area (Å²) in [5.41, 5.74) is 0.285. The average Bonchev–Trinajstić information content (AvgIpc) is 3.00. The molecule has 1 spiro atoms. The Kier molecular flexibility index (Phi) is 2.05. The van der Waals surface area contributed by atoms with E-state index in [-0.39, 0.29) is 23.6 Å². The van der Waals surface area contributed by atoms with Gasteiger partial charge in [0.25, 0.3) is 0 Å². The monoisotopic (exact) mass is 301 g/mol. The van der Waals surface area contributed by atoms with Gasteiger partial charge in [0.05, 0.1) is 11.0 Å². The summed E-state index contributed by atoms with van der Waals surface area (Å²) in [4.78, 5) is 14.7. The summed E-state index contributed by atoms with van der Waals surface area (Å²) in [6.07, 6.45) is 0.815. The van der Waals surface area contributed by atoms with Crippen molar-refractivity contribution in [2.75, 3.05) is 7.05 Å². The average molecular weight is 301 g/mol. The standard InChI is InChI=1S/C17H19NO4/c1-8-17(21)6-5-12(20)15-16(17)7-10(18(8)2)9-3-4-11(19)14(22-15)13(9)16/h3-4,8,10,15,19,21H,5-7H2,1-2H3. The summed E-state index contributed by atoms with van der Waals surface area (Å²) < 4.78 is 5.91. The van der Waals surface area contributed by atoms with Crippen molar-refractivity contribution in [1.82, 2.24) is 4.90 Å². The van der Waals surface area contributed by atoms with Gasteiger partial charge in [0.1, 0.15) is 0 Å². The summed E-state index contributed by atoms with van der Waals surface area (Å²) in [7, 11) is 2.03. The molecule has 4 aliphatic rings. The molecule has 2 aliphatic heterocycles. The van der Waals surface area contributed by atoms with E-state index < -0.39 is 17.1 Å². The molecule has 1 saturated heterocycles. The molecule has 2 aliphatic carbocycles. The van der Waals surface area contributed by atoms with E-state index in [1.165, 1.54) is 0 Å². The fraction of sp³-hybridized carbons (Fsp3) is 0.588. The molecule has 1 aromatic rings. The van der Waals surface area contributed by atoms with Crippen LogP contribution < -0.4 is 4.74 Å². The van der Waals surface area contributed by atoms with Crippen LogP contribution in [-0.4, -0.2) is 45.7 Å². The molecule has 0 radical (unpaired) electrons. The molecule has 5 heteroatoms. The van der Waals surface area contributed by atoms with Crippen LogP contribution >= 0.6 is 0 Å². The highest BCUT2D eigenvalue weighted by molar-refractivity contribution is 5.90. The number of hydrogen-bond donors (Lipinski definition) is 2. The lowest BCUT2D eigenvalue weighted by Crippen LogP contribution is -2.71. The maximum atomic E-state index is 12.5. The minimum absolute atomic E-state index is 0.0450. The maximum Gasteiger partial charge on any atom is 0.174 e. The predicted octanol–water partition coefficient (Wildman–Crippen LogP) is 1.26. The van der Waals surface area contributed by atoms with Gasteiger partial charge < -0.3 is 14.9 Å². The summed E-state index contributed by atoms with van der Waals surface area (Å²) in [6.45, 7) is 2.03. The third-order valence-electron chi connectivity index (χ3n) is 6.78. The number of ketones is 1. The molecule has 0 aromatic heterocycles. The van der Waals surface area contributed by atoms with Gasteiger partial charge in [-0.1, -0.05) is 6.07 Å². The predicted molar refractivity (Wildman–Crippen MR) is 78.0 cm³/mol. The Morgan fingerprint density at radius 2 is 2.18 bits per heavy atom. The molecule has 5 nitrogen and oxygen atoms in total. The Morgan fingerprint density at radius 1 is 1.41 bits per heavy atom. The quantitative estimate of drug-likeness (QED) is 0.755. The first-order chi connectivity index (χ1) is 10.4. The van der Waals surface area contributed by atoms with Gasteiger partial charge in [-0.3, -0.25) is 9.69 Å². The van der Waals surface area contributed by atoms with Crippen molar-refractivity contribution in [3.05, 3.63) is 23.3 Å². The molecule has 116 valence electrons. The fourth-order valence-electron chi connectivity index (χ4n) is 5.60. The zero-order valence-electron chi connectivity index (χ0n) is 12.7. The van der Waals surface area contributed by atoms with E-state index in [9.17, 15) is 15.0 Å². The first-order valence-corrected chi connectivity index (χ1v) is 7.92. The van der Waals surface area contributed by atoms with Crippen molar-refractivity contribution in [2.45, 2.75) is 55.4 Å². The Balaban J connectivity index is 1.90. The Labute approximate surface area is 128 Å².